The second kappa shape index (κ2) is 5.41. The van der Waals surface area contributed by atoms with Crippen molar-refractivity contribution in [2.75, 3.05) is 0 Å². The highest BCUT2D eigenvalue weighted by Gasteiger charge is 2.33. The molecule has 1 aromatic heterocycles. The van der Waals surface area contributed by atoms with Crippen LogP contribution in [0.5, 0.6) is 0 Å². The first-order valence-corrected chi connectivity index (χ1v) is 6.53. The first-order chi connectivity index (χ1) is 9.43. The summed E-state index contributed by atoms with van der Waals surface area (Å²) in [4.78, 5) is 28.1. The fourth-order valence-electron chi connectivity index (χ4n) is 2.81. The van der Waals surface area contributed by atoms with Gasteiger partial charge in [0.2, 0.25) is 0 Å². The number of ketones is 2. The van der Waals surface area contributed by atoms with Crippen LogP contribution in [0.1, 0.15) is 39.2 Å². The number of aromatic nitrogens is 1. The summed E-state index contributed by atoms with van der Waals surface area (Å²) in [7, 11) is 0. The number of nitrogens with zero attached hydrogens (tertiary/aromatic N) is 1. The van der Waals surface area contributed by atoms with Crippen molar-refractivity contribution in [1.29, 1.82) is 0 Å². The molecule has 1 aliphatic heterocycles. The van der Waals surface area contributed by atoms with E-state index in [2.05, 4.69) is 10.3 Å². The standard InChI is InChI=1S/C16H18N2O2/c1-9-14(11(3)19)16(13-6-5-7-17-8-13)15(12(4)20)10(2)18-9/h5-8,16,18H,1-4H3. The highest BCUT2D eigenvalue weighted by molar-refractivity contribution is 6.03. The van der Waals surface area contributed by atoms with E-state index in [9.17, 15) is 9.59 Å². The fraction of sp³-hybridized carbons (Fsp3) is 0.312. The van der Waals surface area contributed by atoms with Gasteiger partial charge in [0.1, 0.15) is 0 Å². The Bertz CT molecular complexity index is 591. The lowest BCUT2D eigenvalue weighted by Gasteiger charge is -2.30. The van der Waals surface area contributed by atoms with Crippen LogP contribution in [-0.4, -0.2) is 16.6 Å². The number of dihydropyridines is 1. The van der Waals surface area contributed by atoms with Crippen LogP contribution in [0.15, 0.2) is 47.1 Å². The molecule has 0 unspecified atom stereocenters. The van der Waals surface area contributed by atoms with Crippen LogP contribution in [0, 0.1) is 0 Å². The summed E-state index contributed by atoms with van der Waals surface area (Å²) in [5.41, 5.74) is 3.73. The molecule has 1 aromatic rings. The molecule has 4 heteroatoms. The van der Waals surface area contributed by atoms with Gasteiger partial charge in [-0.05, 0) is 39.3 Å². The third-order valence-electron chi connectivity index (χ3n) is 3.54. The molecule has 0 radical (unpaired) electrons. The third kappa shape index (κ3) is 2.41. The number of hydrogen-bond donors (Lipinski definition) is 1. The van der Waals surface area contributed by atoms with Crippen LogP contribution in [-0.2, 0) is 9.59 Å². The minimum atomic E-state index is -0.333. The van der Waals surface area contributed by atoms with Crippen molar-refractivity contribution in [3.05, 3.63) is 52.6 Å². The summed E-state index contributed by atoms with van der Waals surface area (Å²) in [6.07, 6.45) is 3.39. The minimum absolute atomic E-state index is 0.0323. The smallest absolute Gasteiger partial charge is 0.158 e. The summed E-state index contributed by atoms with van der Waals surface area (Å²) < 4.78 is 0. The van der Waals surface area contributed by atoms with Crippen LogP contribution in [0.3, 0.4) is 0 Å². The molecule has 0 aromatic carbocycles. The second-order valence-corrected chi connectivity index (χ2v) is 5.03. The van der Waals surface area contributed by atoms with Crippen LogP contribution >= 0.6 is 0 Å². The molecular weight excluding hydrogens is 252 g/mol. The Morgan fingerprint density at radius 1 is 1.10 bits per heavy atom. The zero-order valence-electron chi connectivity index (χ0n) is 12.2. The number of hydrogen-bond acceptors (Lipinski definition) is 4. The molecule has 0 amide bonds. The van der Waals surface area contributed by atoms with E-state index in [0.29, 0.717) is 11.1 Å². The lowest BCUT2D eigenvalue weighted by atomic mass is 9.78. The maximum atomic E-state index is 12.0. The average molecular weight is 270 g/mol. The molecule has 0 saturated carbocycles. The Hall–Kier alpha value is -2.23. The molecule has 0 bridgehead atoms. The first-order valence-electron chi connectivity index (χ1n) is 6.53. The first kappa shape index (κ1) is 14.2. The molecule has 0 saturated heterocycles. The quantitative estimate of drug-likeness (QED) is 0.916. The van der Waals surface area contributed by atoms with E-state index in [1.807, 2.05) is 26.0 Å². The minimum Gasteiger partial charge on any atom is -0.362 e. The molecule has 2 rings (SSSR count). The Morgan fingerprint density at radius 2 is 1.65 bits per heavy atom. The van der Waals surface area contributed by atoms with Crippen molar-refractivity contribution < 1.29 is 9.59 Å². The summed E-state index contributed by atoms with van der Waals surface area (Å²) >= 11 is 0. The predicted octanol–water partition coefficient (Wildman–Crippen LogP) is 2.49. The van der Waals surface area contributed by atoms with E-state index in [4.69, 9.17) is 0 Å². The Labute approximate surface area is 118 Å². The zero-order valence-corrected chi connectivity index (χ0v) is 12.2. The fourth-order valence-corrected chi connectivity index (χ4v) is 2.81. The number of pyridine rings is 1. The maximum absolute atomic E-state index is 12.0. The van der Waals surface area contributed by atoms with Gasteiger partial charge in [-0.2, -0.15) is 0 Å². The Kier molecular flexibility index (Phi) is 3.84. The van der Waals surface area contributed by atoms with Crippen LogP contribution in [0.4, 0.5) is 0 Å². The number of carbonyl (C=O) groups excluding carboxylic acids is 2. The summed E-state index contributed by atoms with van der Waals surface area (Å²) in [6, 6.07) is 3.72. The number of Topliss-reactive ketones (excluding diaryl/α,β-unsaturated/α-hetero) is 2. The SMILES string of the molecule is CC(=O)C1=C(C)NC(C)=C(C(C)=O)C1c1cccnc1. The average Bonchev–Trinajstić information content (AvgIpc) is 2.37. The molecule has 2 heterocycles. The van der Waals surface area contributed by atoms with Crippen molar-refractivity contribution in [2.24, 2.45) is 0 Å². The Morgan fingerprint density at radius 3 is 2.05 bits per heavy atom. The van der Waals surface area contributed by atoms with Gasteiger partial charge in [0.25, 0.3) is 0 Å². The molecule has 1 N–H and O–H groups in total. The van der Waals surface area contributed by atoms with E-state index in [0.717, 1.165) is 17.0 Å². The highest BCUT2D eigenvalue weighted by atomic mass is 16.1. The van der Waals surface area contributed by atoms with Gasteiger partial charge in [-0.3, -0.25) is 14.6 Å². The molecule has 104 valence electrons. The summed E-state index contributed by atoms with van der Waals surface area (Å²) in [5, 5.41) is 3.14. The van der Waals surface area contributed by atoms with Crippen LogP contribution in [0.2, 0.25) is 0 Å². The van der Waals surface area contributed by atoms with E-state index in [-0.39, 0.29) is 17.5 Å². The molecule has 1 aliphatic rings. The largest absolute Gasteiger partial charge is 0.362 e. The maximum Gasteiger partial charge on any atom is 0.158 e. The van der Waals surface area contributed by atoms with Gasteiger partial charge < -0.3 is 5.32 Å². The molecule has 0 fully saturated rings. The zero-order chi connectivity index (χ0) is 14.9. The lowest BCUT2D eigenvalue weighted by molar-refractivity contribution is -0.114. The summed E-state index contributed by atoms with van der Waals surface area (Å²) in [5.74, 6) is -0.398. The van der Waals surface area contributed by atoms with Crippen molar-refractivity contribution in [3.8, 4) is 0 Å². The van der Waals surface area contributed by atoms with Gasteiger partial charge in [-0.25, -0.2) is 0 Å². The number of carbonyl (C=O) groups is 2. The van der Waals surface area contributed by atoms with Gasteiger partial charge in [-0.1, -0.05) is 6.07 Å². The monoisotopic (exact) mass is 270 g/mol. The van der Waals surface area contributed by atoms with Gasteiger partial charge in [0.05, 0.1) is 0 Å². The van der Waals surface area contributed by atoms with E-state index in [1.54, 1.807) is 12.4 Å². The van der Waals surface area contributed by atoms with E-state index in [1.165, 1.54) is 13.8 Å². The molecular formula is C16H18N2O2. The lowest BCUT2D eigenvalue weighted by Crippen LogP contribution is -2.29. The molecule has 0 spiro atoms. The third-order valence-corrected chi connectivity index (χ3v) is 3.54. The molecule has 4 nitrogen and oxygen atoms in total. The van der Waals surface area contributed by atoms with E-state index < -0.39 is 0 Å². The number of nitrogens with one attached hydrogen (secondary N) is 1. The topological polar surface area (TPSA) is 59.1 Å². The van der Waals surface area contributed by atoms with Crippen molar-refractivity contribution in [2.45, 2.75) is 33.6 Å². The molecule has 0 aliphatic carbocycles. The normalized spacial score (nSPS) is 16.2. The van der Waals surface area contributed by atoms with Gasteiger partial charge >= 0.3 is 0 Å². The second-order valence-electron chi connectivity index (χ2n) is 5.03. The van der Waals surface area contributed by atoms with Crippen LogP contribution in [0.25, 0.3) is 0 Å². The molecule has 0 atom stereocenters. The van der Waals surface area contributed by atoms with Crippen LogP contribution < -0.4 is 5.32 Å². The van der Waals surface area contributed by atoms with Gasteiger partial charge in [0.15, 0.2) is 11.6 Å². The van der Waals surface area contributed by atoms with E-state index >= 15 is 0 Å². The highest BCUT2D eigenvalue weighted by Crippen LogP contribution is 2.38. The van der Waals surface area contributed by atoms with Gasteiger partial charge in [0, 0.05) is 40.9 Å². The van der Waals surface area contributed by atoms with Crippen molar-refractivity contribution in [3.63, 3.8) is 0 Å². The van der Waals surface area contributed by atoms with Crippen molar-refractivity contribution >= 4 is 11.6 Å². The Balaban J connectivity index is 2.67. The molecule has 20 heavy (non-hydrogen) atoms. The van der Waals surface area contributed by atoms with Gasteiger partial charge in [-0.15, -0.1) is 0 Å². The summed E-state index contributed by atoms with van der Waals surface area (Å²) in [6.45, 7) is 6.78. The number of rotatable bonds is 3. The predicted molar refractivity (Wildman–Crippen MR) is 76.9 cm³/mol. The number of allylic oxidation sites excluding steroid dienone is 4. The van der Waals surface area contributed by atoms with Crippen molar-refractivity contribution in [1.82, 2.24) is 10.3 Å².